The van der Waals surface area contributed by atoms with E-state index in [4.69, 9.17) is 0 Å². The van der Waals surface area contributed by atoms with Crippen molar-refractivity contribution in [3.05, 3.63) is 105 Å². The number of aliphatic hydroxyl groups is 1. The number of benzene rings is 3. The fourth-order valence-corrected chi connectivity index (χ4v) is 7.14. The summed E-state index contributed by atoms with van der Waals surface area (Å²) < 4.78 is 0. The number of aromatic amines is 1. The number of fused-ring (bicyclic) bond motifs is 1. The van der Waals surface area contributed by atoms with Crippen LogP contribution in [-0.4, -0.2) is 63.1 Å². The average molecular weight is 711 g/mol. The molecule has 0 spiro atoms. The SMILES string of the molecule is CN(CCCCC(=O)Nc1ccc(CNCC(O)c2ccc(O)c3[nH]c(=O)ccc23)cc1)C(=O)CCCc1cccc(C2(C(=O)O)CCCCC2)c1. The molecule has 5 rings (SSSR count). The number of rotatable bonds is 17. The highest BCUT2D eigenvalue weighted by Gasteiger charge is 2.41. The molecule has 0 aliphatic heterocycles. The zero-order chi connectivity index (χ0) is 37.1. The predicted molar refractivity (Wildman–Crippen MR) is 201 cm³/mol. The summed E-state index contributed by atoms with van der Waals surface area (Å²) in [6, 6.07) is 21.4. The number of carbonyl (C=O) groups excluding carboxylic acids is 2. The van der Waals surface area contributed by atoms with Gasteiger partial charge in [-0.15, -0.1) is 0 Å². The van der Waals surface area contributed by atoms with E-state index in [0.29, 0.717) is 86.6 Å². The molecule has 276 valence electrons. The molecule has 1 aromatic heterocycles. The van der Waals surface area contributed by atoms with E-state index in [9.17, 15) is 34.5 Å². The van der Waals surface area contributed by atoms with Crippen molar-refractivity contribution in [3.8, 4) is 5.75 Å². The van der Waals surface area contributed by atoms with Crippen LogP contribution in [0, 0.1) is 0 Å². The number of carboxylic acid groups (broad SMARTS) is 1. The van der Waals surface area contributed by atoms with Crippen LogP contribution in [-0.2, 0) is 32.8 Å². The summed E-state index contributed by atoms with van der Waals surface area (Å²) in [7, 11) is 1.79. The van der Waals surface area contributed by atoms with Gasteiger partial charge in [-0.3, -0.25) is 19.2 Å². The van der Waals surface area contributed by atoms with Crippen LogP contribution in [0.2, 0.25) is 0 Å². The Morgan fingerprint density at radius 1 is 0.904 bits per heavy atom. The minimum Gasteiger partial charge on any atom is -0.506 e. The summed E-state index contributed by atoms with van der Waals surface area (Å²) in [5.41, 5.74) is 3.35. The normalized spacial score (nSPS) is 14.5. The third-order valence-electron chi connectivity index (χ3n) is 10.2. The molecule has 0 radical (unpaired) electrons. The molecule has 1 fully saturated rings. The number of hydrogen-bond donors (Lipinski definition) is 6. The van der Waals surface area contributed by atoms with Gasteiger partial charge >= 0.3 is 5.97 Å². The number of amides is 2. The number of aromatic hydroxyl groups is 1. The Kier molecular flexibility index (Phi) is 13.2. The van der Waals surface area contributed by atoms with E-state index < -0.39 is 17.5 Å². The van der Waals surface area contributed by atoms with Crippen LogP contribution in [0.1, 0.15) is 92.6 Å². The molecule has 2 amide bonds. The molecule has 6 N–H and O–H groups in total. The van der Waals surface area contributed by atoms with Crippen molar-refractivity contribution < 1.29 is 29.7 Å². The van der Waals surface area contributed by atoms with E-state index in [0.717, 1.165) is 36.0 Å². The number of aliphatic carboxylic acids is 1. The predicted octanol–water partition coefficient (Wildman–Crippen LogP) is 5.93. The quantitative estimate of drug-likeness (QED) is 0.0732. The Labute approximate surface area is 304 Å². The number of pyridine rings is 1. The van der Waals surface area contributed by atoms with E-state index in [1.165, 1.54) is 12.1 Å². The first-order chi connectivity index (χ1) is 25.1. The molecule has 4 aromatic rings. The largest absolute Gasteiger partial charge is 0.506 e. The van der Waals surface area contributed by atoms with E-state index in [1.807, 2.05) is 48.5 Å². The van der Waals surface area contributed by atoms with Gasteiger partial charge in [-0.2, -0.15) is 0 Å². The number of phenolic OH excluding ortho intramolecular Hbond substituents is 1. The maximum Gasteiger partial charge on any atom is 0.314 e. The molecule has 0 bridgehead atoms. The first-order valence-corrected chi connectivity index (χ1v) is 18.2. The molecule has 1 unspecified atom stereocenters. The van der Waals surface area contributed by atoms with Crippen molar-refractivity contribution in [1.29, 1.82) is 0 Å². The molecule has 11 nitrogen and oxygen atoms in total. The third-order valence-corrected chi connectivity index (χ3v) is 10.2. The summed E-state index contributed by atoms with van der Waals surface area (Å²) in [6.45, 7) is 1.32. The molecule has 3 aromatic carbocycles. The number of aromatic nitrogens is 1. The van der Waals surface area contributed by atoms with Crippen molar-refractivity contribution >= 4 is 34.4 Å². The van der Waals surface area contributed by atoms with Gasteiger partial charge in [0.15, 0.2) is 0 Å². The Morgan fingerprint density at radius 3 is 2.42 bits per heavy atom. The maximum absolute atomic E-state index is 12.8. The van der Waals surface area contributed by atoms with Gasteiger partial charge < -0.3 is 35.8 Å². The van der Waals surface area contributed by atoms with Gasteiger partial charge in [0.25, 0.3) is 0 Å². The van der Waals surface area contributed by atoms with Gasteiger partial charge in [-0.05, 0) is 85.0 Å². The lowest BCUT2D eigenvalue weighted by Crippen LogP contribution is -2.37. The molecule has 1 heterocycles. The number of hydrogen-bond acceptors (Lipinski definition) is 7. The number of H-pyrrole nitrogens is 1. The van der Waals surface area contributed by atoms with Gasteiger partial charge in [0.2, 0.25) is 17.4 Å². The van der Waals surface area contributed by atoms with Gasteiger partial charge in [0.05, 0.1) is 17.0 Å². The standard InChI is InChI=1S/C41H50N4O7/c1-45(38(50)13-8-10-28-9-7-11-30(25-28)41(40(51)52)22-4-2-5-23-41)24-6-3-12-36(48)43-31-16-14-29(15-17-31)26-42-27-35(47)32-18-20-34(46)39-33(32)19-21-37(49)44-39/h7,9,11,14-21,25,35,42,46-47H,2-6,8,10,12-13,22-24,26-27H2,1H3,(H,43,48)(H,44,49)(H,51,52). The van der Waals surface area contributed by atoms with Crippen LogP contribution in [0.5, 0.6) is 5.75 Å². The molecule has 11 heteroatoms. The summed E-state index contributed by atoms with van der Waals surface area (Å²) in [6.07, 6.45) is 6.95. The topological polar surface area (TPSA) is 172 Å². The van der Waals surface area contributed by atoms with E-state index in [-0.39, 0.29) is 29.7 Å². The zero-order valence-electron chi connectivity index (χ0n) is 29.8. The molecule has 1 atom stereocenters. The second kappa shape index (κ2) is 18.0. The number of carboxylic acids is 1. The molecule has 0 saturated heterocycles. The highest BCUT2D eigenvalue weighted by atomic mass is 16.4. The summed E-state index contributed by atoms with van der Waals surface area (Å²) in [5, 5.41) is 37.6. The van der Waals surface area contributed by atoms with Crippen LogP contribution < -0.4 is 16.2 Å². The summed E-state index contributed by atoms with van der Waals surface area (Å²) in [4.78, 5) is 53.5. The molecular formula is C41H50N4O7. The molecule has 1 aliphatic carbocycles. The Bertz CT molecular complexity index is 1900. The van der Waals surface area contributed by atoms with E-state index in [2.05, 4.69) is 15.6 Å². The smallest absolute Gasteiger partial charge is 0.314 e. The van der Waals surface area contributed by atoms with Crippen molar-refractivity contribution in [1.82, 2.24) is 15.2 Å². The fraction of sp³-hybridized carbons (Fsp3) is 0.415. The lowest BCUT2D eigenvalue weighted by Gasteiger charge is -2.34. The number of nitrogens with zero attached hydrogens (tertiary/aromatic N) is 1. The second-order valence-electron chi connectivity index (χ2n) is 14.0. The first kappa shape index (κ1) is 38.2. The van der Waals surface area contributed by atoms with Crippen LogP contribution in [0.25, 0.3) is 10.9 Å². The lowest BCUT2D eigenvalue weighted by atomic mass is 9.69. The van der Waals surface area contributed by atoms with Crippen LogP contribution >= 0.6 is 0 Å². The van der Waals surface area contributed by atoms with Crippen LogP contribution in [0.3, 0.4) is 0 Å². The Hall–Kier alpha value is -5.00. The molecule has 1 aliphatic rings. The van der Waals surface area contributed by atoms with Crippen molar-refractivity contribution in [2.45, 2.75) is 88.7 Å². The Morgan fingerprint density at radius 2 is 1.67 bits per heavy atom. The van der Waals surface area contributed by atoms with Crippen molar-refractivity contribution in [3.63, 3.8) is 0 Å². The number of phenols is 1. The lowest BCUT2D eigenvalue weighted by molar-refractivity contribution is -0.145. The monoisotopic (exact) mass is 710 g/mol. The molecule has 1 saturated carbocycles. The first-order valence-electron chi connectivity index (χ1n) is 18.2. The van der Waals surface area contributed by atoms with Gasteiger partial charge in [-0.1, -0.05) is 61.7 Å². The minimum absolute atomic E-state index is 0.0570. The molecular weight excluding hydrogens is 660 g/mol. The van der Waals surface area contributed by atoms with Crippen LogP contribution in [0.4, 0.5) is 5.69 Å². The van der Waals surface area contributed by atoms with Gasteiger partial charge in [0, 0.05) is 56.7 Å². The van der Waals surface area contributed by atoms with Gasteiger partial charge in [-0.25, -0.2) is 0 Å². The zero-order valence-corrected chi connectivity index (χ0v) is 29.8. The number of carbonyl (C=O) groups is 3. The third kappa shape index (κ3) is 9.86. The highest BCUT2D eigenvalue weighted by Crippen LogP contribution is 2.40. The van der Waals surface area contributed by atoms with E-state index in [1.54, 1.807) is 24.1 Å². The summed E-state index contributed by atoms with van der Waals surface area (Å²) in [5.74, 6) is -0.828. The number of anilines is 1. The minimum atomic E-state index is -0.860. The van der Waals surface area contributed by atoms with Crippen molar-refractivity contribution in [2.75, 3.05) is 25.5 Å². The number of aryl methyl sites for hydroxylation is 1. The number of nitrogens with one attached hydrogen (secondary N) is 3. The number of aliphatic hydroxyl groups excluding tert-OH is 1. The second-order valence-corrected chi connectivity index (χ2v) is 14.0. The molecule has 52 heavy (non-hydrogen) atoms. The average Bonchev–Trinajstić information content (AvgIpc) is 3.14. The summed E-state index contributed by atoms with van der Waals surface area (Å²) >= 11 is 0. The fourth-order valence-electron chi connectivity index (χ4n) is 7.14. The van der Waals surface area contributed by atoms with E-state index >= 15 is 0 Å². The Balaban J connectivity index is 0.966. The maximum atomic E-state index is 12.8. The van der Waals surface area contributed by atoms with Crippen LogP contribution in [0.15, 0.2) is 77.6 Å². The van der Waals surface area contributed by atoms with Gasteiger partial charge in [0.1, 0.15) is 5.75 Å². The van der Waals surface area contributed by atoms with Crippen molar-refractivity contribution in [2.24, 2.45) is 0 Å². The highest BCUT2D eigenvalue weighted by molar-refractivity contribution is 5.90. The number of unbranched alkanes of at least 4 members (excludes halogenated alkanes) is 1.